The van der Waals surface area contributed by atoms with Crippen LogP contribution in [-0.2, 0) is 11.3 Å². The molecule has 2 aromatic heterocycles. The van der Waals surface area contributed by atoms with E-state index in [1.54, 1.807) is 29.5 Å². The molecule has 0 bridgehead atoms. The Balaban J connectivity index is 1.40. The van der Waals surface area contributed by atoms with E-state index in [1.165, 1.54) is 6.33 Å². The van der Waals surface area contributed by atoms with E-state index in [0.29, 0.717) is 44.8 Å². The lowest BCUT2D eigenvalue weighted by Crippen LogP contribution is -2.45. The average Bonchev–Trinajstić information content (AvgIpc) is 3.24. The monoisotopic (exact) mass is 331 g/mol. The number of carbonyl (C=O) groups is 1. The number of amides is 1. The predicted octanol–water partition coefficient (Wildman–Crippen LogP) is -0.394. The maximum Gasteiger partial charge on any atom is 0.225 e. The van der Waals surface area contributed by atoms with Crippen molar-refractivity contribution in [3.8, 4) is 0 Å². The molecule has 9 nitrogen and oxygen atoms in total. The number of rotatable bonds is 7. The lowest BCUT2D eigenvalue weighted by molar-refractivity contribution is -0.122. The van der Waals surface area contributed by atoms with Gasteiger partial charge in [0.1, 0.15) is 18.3 Å². The number of anilines is 1. The van der Waals surface area contributed by atoms with Crippen LogP contribution < -0.4 is 10.2 Å². The van der Waals surface area contributed by atoms with Crippen molar-refractivity contribution in [1.82, 2.24) is 30.0 Å². The van der Waals surface area contributed by atoms with Gasteiger partial charge in [0.2, 0.25) is 11.9 Å². The SMILES string of the molecule is O=C(CCCn1cncn1)NCC1(O)CCN(c2ncccn2)C1. The Morgan fingerprint density at radius 1 is 1.38 bits per heavy atom. The number of carbonyl (C=O) groups excluding carboxylic acids is 1. The topological polar surface area (TPSA) is 109 Å². The largest absolute Gasteiger partial charge is 0.386 e. The van der Waals surface area contributed by atoms with Crippen LogP contribution in [0.4, 0.5) is 5.95 Å². The number of nitrogens with one attached hydrogen (secondary N) is 1. The molecule has 1 aliphatic heterocycles. The number of aryl methyl sites for hydroxylation is 1. The van der Waals surface area contributed by atoms with Crippen molar-refractivity contribution in [3.05, 3.63) is 31.1 Å². The van der Waals surface area contributed by atoms with E-state index < -0.39 is 5.60 Å². The highest BCUT2D eigenvalue weighted by Gasteiger charge is 2.37. The fraction of sp³-hybridized carbons (Fsp3) is 0.533. The fourth-order valence-corrected chi connectivity index (χ4v) is 2.73. The molecular weight excluding hydrogens is 310 g/mol. The number of β-amino-alcohol motifs (C(OH)–C–C–N with tert-alkyl or cyclic N) is 1. The molecule has 1 unspecified atom stereocenters. The summed E-state index contributed by atoms with van der Waals surface area (Å²) >= 11 is 0. The normalized spacial score (nSPS) is 20.3. The summed E-state index contributed by atoms with van der Waals surface area (Å²) in [6.07, 6.45) is 8.09. The summed E-state index contributed by atoms with van der Waals surface area (Å²) in [5.74, 6) is 0.533. The predicted molar refractivity (Wildman–Crippen MR) is 86.1 cm³/mol. The molecular formula is C15H21N7O2. The Hall–Kier alpha value is -2.55. The standard InChI is InChI=1S/C15H21N7O2/c23-13(3-1-7-22-12-16-11-20-22)19-9-15(24)4-8-21(10-15)14-17-5-2-6-18-14/h2,5-6,11-12,24H,1,3-4,7-10H2,(H,19,23). The van der Waals surface area contributed by atoms with Gasteiger partial charge in [-0.3, -0.25) is 9.48 Å². The van der Waals surface area contributed by atoms with Gasteiger partial charge in [-0.05, 0) is 18.9 Å². The Kier molecular flexibility index (Phi) is 4.99. The summed E-state index contributed by atoms with van der Waals surface area (Å²) in [6, 6.07) is 1.76. The van der Waals surface area contributed by atoms with Crippen molar-refractivity contribution < 1.29 is 9.90 Å². The van der Waals surface area contributed by atoms with Gasteiger partial charge in [-0.2, -0.15) is 5.10 Å². The summed E-state index contributed by atoms with van der Waals surface area (Å²) in [5, 5.41) is 17.4. The second-order valence-corrected chi connectivity index (χ2v) is 5.98. The molecule has 0 spiro atoms. The molecule has 0 aromatic carbocycles. The summed E-state index contributed by atoms with van der Waals surface area (Å²) in [5.41, 5.74) is -0.944. The van der Waals surface area contributed by atoms with Crippen molar-refractivity contribution in [3.63, 3.8) is 0 Å². The van der Waals surface area contributed by atoms with Crippen molar-refractivity contribution in [2.75, 3.05) is 24.5 Å². The summed E-state index contributed by atoms with van der Waals surface area (Å²) in [7, 11) is 0. The van der Waals surface area contributed by atoms with Crippen molar-refractivity contribution in [2.45, 2.75) is 31.4 Å². The average molecular weight is 331 g/mol. The number of aliphatic hydroxyl groups is 1. The Morgan fingerprint density at radius 2 is 2.21 bits per heavy atom. The molecule has 3 rings (SSSR count). The highest BCUT2D eigenvalue weighted by Crippen LogP contribution is 2.23. The van der Waals surface area contributed by atoms with E-state index in [9.17, 15) is 9.90 Å². The molecule has 2 aromatic rings. The van der Waals surface area contributed by atoms with Gasteiger partial charge < -0.3 is 15.3 Å². The molecule has 2 N–H and O–H groups in total. The molecule has 3 heterocycles. The number of hydrogen-bond donors (Lipinski definition) is 2. The van der Waals surface area contributed by atoms with E-state index in [4.69, 9.17) is 0 Å². The molecule has 1 amide bonds. The third kappa shape index (κ3) is 4.25. The molecule has 128 valence electrons. The minimum Gasteiger partial charge on any atom is -0.386 e. The first-order valence-corrected chi connectivity index (χ1v) is 7.98. The summed E-state index contributed by atoms with van der Waals surface area (Å²) < 4.78 is 1.69. The Morgan fingerprint density at radius 3 is 2.96 bits per heavy atom. The van der Waals surface area contributed by atoms with Crippen LogP contribution in [0.2, 0.25) is 0 Å². The van der Waals surface area contributed by atoms with Gasteiger partial charge in [0.15, 0.2) is 0 Å². The Bertz CT molecular complexity index is 649. The van der Waals surface area contributed by atoms with Crippen LogP contribution in [0.3, 0.4) is 0 Å². The van der Waals surface area contributed by atoms with E-state index >= 15 is 0 Å². The molecule has 9 heteroatoms. The molecule has 1 saturated heterocycles. The quantitative estimate of drug-likeness (QED) is 0.711. The van der Waals surface area contributed by atoms with Crippen molar-refractivity contribution >= 4 is 11.9 Å². The van der Waals surface area contributed by atoms with Gasteiger partial charge in [-0.1, -0.05) is 0 Å². The maximum atomic E-state index is 11.9. The van der Waals surface area contributed by atoms with E-state index in [0.717, 1.165) is 0 Å². The summed E-state index contributed by atoms with van der Waals surface area (Å²) in [6.45, 7) is 1.97. The lowest BCUT2D eigenvalue weighted by atomic mass is 10.0. The van der Waals surface area contributed by atoms with E-state index in [2.05, 4.69) is 25.4 Å². The minimum absolute atomic E-state index is 0.0713. The van der Waals surface area contributed by atoms with Crippen LogP contribution in [0.1, 0.15) is 19.3 Å². The van der Waals surface area contributed by atoms with Gasteiger partial charge >= 0.3 is 0 Å². The second kappa shape index (κ2) is 7.35. The first kappa shape index (κ1) is 16.3. The van der Waals surface area contributed by atoms with Crippen molar-refractivity contribution in [2.24, 2.45) is 0 Å². The number of nitrogens with zero attached hydrogens (tertiary/aromatic N) is 6. The van der Waals surface area contributed by atoms with Crippen LogP contribution >= 0.6 is 0 Å². The molecule has 0 saturated carbocycles. The first-order valence-electron chi connectivity index (χ1n) is 7.98. The van der Waals surface area contributed by atoms with Crippen LogP contribution in [0.15, 0.2) is 31.1 Å². The van der Waals surface area contributed by atoms with E-state index in [-0.39, 0.29) is 12.5 Å². The van der Waals surface area contributed by atoms with Gasteiger partial charge in [-0.25, -0.2) is 15.0 Å². The molecule has 1 fully saturated rings. The van der Waals surface area contributed by atoms with Crippen LogP contribution in [0.5, 0.6) is 0 Å². The van der Waals surface area contributed by atoms with Crippen LogP contribution in [0, 0.1) is 0 Å². The second-order valence-electron chi connectivity index (χ2n) is 5.98. The Labute approximate surface area is 139 Å². The van der Waals surface area contributed by atoms with Crippen LogP contribution in [0.25, 0.3) is 0 Å². The smallest absolute Gasteiger partial charge is 0.225 e. The van der Waals surface area contributed by atoms with Gasteiger partial charge in [0.05, 0.1) is 6.54 Å². The zero-order valence-corrected chi connectivity index (χ0v) is 13.4. The number of aromatic nitrogens is 5. The first-order chi connectivity index (χ1) is 11.6. The maximum absolute atomic E-state index is 11.9. The highest BCUT2D eigenvalue weighted by atomic mass is 16.3. The molecule has 0 aliphatic carbocycles. The lowest BCUT2D eigenvalue weighted by Gasteiger charge is -2.23. The molecule has 24 heavy (non-hydrogen) atoms. The third-order valence-corrected chi connectivity index (χ3v) is 4.04. The fourth-order valence-electron chi connectivity index (χ4n) is 2.73. The minimum atomic E-state index is -0.944. The van der Waals surface area contributed by atoms with Gasteiger partial charge in [0.25, 0.3) is 0 Å². The van der Waals surface area contributed by atoms with Gasteiger partial charge in [-0.15, -0.1) is 0 Å². The third-order valence-electron chi connectivity index (χ3n) is 4.04. The zero-order valence-electron chi connectivity index (χ0n) is 13.4. The summed E-state index contributed by atoms with van der Waals surface area (Å²) in [4.78, 5) is 26.1. The molecule has 1 atom stereocenters. The van der Waals surface area contributed by atoms with Gasteiger partial charge in [0, 0.05) is 38.4 Å². The molecule has 1 aliphatic rings. The number of hydrogen-bond acceptors (Lipinski definition) is 7. The van der Waals surface area contributed by atoms with Crippen LogP contribution in [-0.4, -0.2) is 61.0 Å². The van der Waals surface area contributed by atoms with E-state index in [1.807, 2.05) is 4.90 Å². The molecule has 0 radical (unpaired) electrons. The zero-order chi connectivity index (χ0) is 16.8. The highest BCUT2D eigenvalue weighted by molar-refractivity contribution is 5.75. The van der Waals surface area contributed by atoms with Crippen molar-refractivity contribution in [1.29, 1.82) is 0 Å².